The van der Waals surface area contributed by atoms with Gasteiger partial charge in [-0.25, -0.2) is 0 Å². The van der Waals surface area contributed by atoms with Crippen molar-refractivity contribution >= 4 is 0 Å². The van der Waals surface area contributed by atoms with Gasteiger partial charge in [0.05, 0.1) is 0 Å². The van der Waals surface area contributed by atoms with Crippen LogP contribution in [-0.2, 0) is 21.1 Å². The molecule has 0 aromatic rings. The Hall–Kier alpha value is 0.178. The first-order chi connectivity index (χ1) is 1.00. The molecular formula is C2H3NW. The zero-order valence-corrected chi connectivity index (χ0v) is 5.29. The molecule has 4 heavy (non-hydrogen) atoms. The van der Waals surface area contributed by atoms with Crippen molar-refractivity contribution in [3.63, 3.8) is 0 Å². The Bertz CT molecular complexity index is 10.8. The molecule has 0 heterocycles. The van der Waals surface area contributed by atoms with E-state index in [0.717, 1.165) is 0 Å². The normalized spacial score (nSPS) is 0.500. The molecule has 0 saturated carbocycles. The van der Waals surface area contributed by atoms with Crippen molar-refractivity contribution in [1.29, 1.82) is 5.26 Å². The summed E-state index contributed by atoms with van der Waals surface area (Å²) in [5, 5.41) is 6.25. The third-order valence-corrected chi connectivity index (χ3v) is 0. The fraction of sp³-hybridized carbons (Fsp3) is 0. The van der Waals surface area contributed by atoms with E-state index < -0.39 is 0 Å². The minimum absolute atomic E-state index is 0. The predicted molar refractivity (Wildman–Crippen MR) is 11.4 cm³/mol. The standard InChI is InChI=1S/CN.CH3.W/c1-2;;/h;1H3;/q2*-1;+2. The summed E-state index contributed by atoms with van der Waals surface area (Å²) in [7, 11) is 0. The fourth-order valence-electron chi connectivity index (χ4n) is 0. The van der Waals surface area contributed by atoms with Crippen LogP contribution in [-0.4, -0.2) is 0 Å². The molecule has 1 nitrogen and oxygen atoms in total. The second-order valence-electron chi connectivity index (χ2n) is 0. The van der Waals surface area contributed by atoms with Crippen molar-refractivity contribution in [3.05, 3.63) is 14.0 Å². The Kier molecular flexibility index (Phi) is 3600. The minimum atomic E-state index is 0. The molecule has 0 rings (SSSR count). The van der Waals surface area contributed by atoms with Gasteiger partial charge in [0.1, 0.15) is 0 Å². The molecule has 0 unspecified atom stereocenters. The van der Waals surface area contributed by atoms with Gasteiger partial charge in [0, 0.05) is 0 Å². The summed E-state index contributed by atoms with van der Waals surface area (Å²) in [5.41, 5.74) is 0. The summed E-state index contributed by atoms with van der Waals surface area (Å²) in [6, 6.07) is 0. The average molecular weight is 225 g/mol. The fourth-order valence-corrected chi connectivity index (χ4v) is 0. The van der Waals surface area contributed by atoms with Gasteiger partial charge in [-0.3, -0.25) is 0 Å². The summed E-state index contributed by atoms with van der Waals surface area (Å²) < 4.78 is 0. The van der Waals surface area contributed by atoms with Crippen molar-refractivity contribution in [2.45, 2.75) is 0 Å². The largest absolute Gasteiger partial charge is 2.00 e. The van der Waals surface area contributed by atoms with Gasteiger partial charge in [-0.15, -0.1) is 0 Å². The van der Waals surface area contributed by atoms with Crippen molar-refractivity contribution in [3.8, 4) is 0 Å². The molecule has 0 aromatic carbocycles. The van der Waals surface area contributed by atoms with Crippen LogP contribution < -0.4 is 0 Å². The minimum Gasteiger partial charge on any atom is -0.512 e. The zero-order valence-electron chi connectivity index (χ0n) is 2.36. The number of hydrogen-bond donors (Lipinski definition) is 0. The molecule has 0 N–H and O–H groups in total. The van der Waals surface area contributed by atoms with Gasteiger partial charge >= 0.3 is 21.1 Å². The van der Waals surface area contributed by atoms with Crippen molar-refractivity contribution in [2.24, 2.45) is 0 Å². The van der Waals surface area contributed by atoms with Crippen molar-refractivity contribution in [1.82, 2.24) is 0 Å². The van der Waals surface area contributed by atoms with Crippen LogP contribution in [0.25, 0.3) is 0 Å². The SMILES string of the molecule is [C-]#N.[CH3-].[W+2]. The summed E-state index contributed by atoms with van der Waals surface area (Å²) in [5.74, 6) is 0. The van der Waals surface area contributed by atoms with Gasteiger partial charge in [-0.1, -0.05) is 0 Å². The van der Waals surface area contributed by atoms with Gasteiger partial charge in [0.2, 0.25) is 0 Å². The molecular weight excluding hydrogens is 222 g/mol. The van der Waals surface area contributed by atoms with Gasteiger partial charge in [0.15, 0.2) is 0 Å². The molecule has 0 amide bonds. The van der Waals surface area contributed by atoms with Gasteiger partial charge in [-0.05, 0) is 0 Å². The van der Waals surface area contributed by atoms with Crippen LogP contribution in [0.15, 0.2) is 0 Å². The van der Waals surface area contributed by atoms with E-state index in [4.69, 9.17) is 11.8 Å². The van der Waals surface area contributed by atoms with Crippen LogP contribution in [0.5, 0.6) is 0 Å². The third kappa shape index (κ3) is 95.1. The van der Waals surface area contributed by atoms with Crippen LogP contribution in [0, 0.1) is 19.3 Å². The van der Waals surface area contributed by atoms with E-state index in [9.17, 15) is 0 Å². The van der Waals surface area contributed by atoms with Crippen LogP contribution in [0.1, 0.15) is 0 Å². The maximum absolute atomic E-state index is 6.25. The Labute approximate surface area is 40.9 Å². The molecule has 0 radical (unpaired) electrons. The third-order valence-electron chi connectivity index (χ3n) is 0. The van der Waals surface area contributed by atoms with Gasteiger partial charge < -0.3 is 19.3 Å². The first kappa shape index (κ1) is 30.4. The molecule has 0 bridgehead atoms. The molecule has 0 atom stereocenters. The maximum Gasteiger partial charge on any atom is 2.00 e. The van der Waals surface area contributed by atoms with E-state index in [1.165, 1.54) is 0 Å². The Morgan fingerprint density at radius 2 is 1.25 bits per heavy atom. The van der Waals surface area contributed by atoms with Crippen LogP contribution in [0.3, 0.4) is 0 Å². The summed E-state index contributed by atoms with van der Waals surface area (Å²) in [4.78, 5) is 0. The Morgan fingerprint density at radius 3 is 1.25 bits per heavy atom. The van der Waals surface area contributed by atoms with E-state index in [2.05, 4.69) is 0 Å². The molecule has 2 heteroatoms. The van der Waals surface area contributed by atoms with Crippen molar-refractivity contribution in [2.75, 3.05) is 0 Å². The van der Waals surface area contributed by atoms with E-state index in [1.807, 2.05) is 0 Å². The second kappa shape index (κ2) is 474. The zero-order chi connectivity index (χ0) is 2.00. The number of hydrogen-bond acceptors (Lipinski definition) is 1. The molecule has 0 aliphatic carbocycles. The van der Waals surface area contributed by atoms with Gasteiger partial charge in [-0.2, -0.15) is 0 Å². The first-order valence-electron chi connectivity index (χ1n) is 0.224. The molecule has 0 saturated heterocycles. The molecule has 0 spiro atoms. The van der Waals surface area contributed by atoms with E-state index in [-0.39, 0.29) is 28.5 Å². The average Bonchev–Trinajstić information content (AvgIpc) is 1.00. The molecule has 0 aliphatic heterocycles. The predicted octanol–water partition coefficient (Wildman–Crippen LogP) is 0.544. The Morgan fingerprint density at radius 1 is 1.25 bits per heavy atom. The van der Waals surface area contributed by atoms with E-state index in [0.29, 0.717) is 0 Å². The topological polar surface area (TPSA) is 23.8 Å². The molecule has 0 aromatic heterocycles. The Balaban J connectivity index is -0.00000000500. The van der Waals surface area contributed by atoms with Crippen LogP contribution >= 0.6 is 0 Å². The van der Waals surface area contributed by atoms with E-state index in [1.54, 1.807) is 0 Å². The molecule has 0 aliphatic rings. The molecule has 0 fully saturated rings. The van der Waals surface area contributed by atoms with Crippen LogP contribution in [0.2, 0.25) is 0 Å². The van der Waals surface area contributed by atoms with Crippen LogP contribution in [0.4, 0.5) is 0 Å². The smallest absolute Gasteiger partial charge is 0.512 e. The summed E-state index contributed by atoms with van der Waals surface area (Å²) in [6.07, 6.45) is 0. The van der Waals surface area contributed by atoms with Gasteiger partial charge in [0.25, 0.3) is 0 Å². The maximum atomic E-state index is 6.25. The quantitative estimate of drug-likeness (QED) is 0.552. The monoisotopic (exact) mass is 225 g/mol. The number of nitrogens with zero attached hydrogens (tertiary/aromatic N) is 1. The van der Waals surface area contributed by atoms with E-state index >= 15 is 0 Å². The molecule has 22 valence electrons. The summed E-state index contributed by atoms with van der Waals surface area (Å²) >= 11 is 0. The number of rotatable bonds is 0. The van der Waals surface area contributed by atoms with Crippen molar-refractivity contribution < 1.29 is 21.1 Å². The first-order valence-corrected chi connectivity index (χ1v) is 0.224. The summed E-state index contributed by atoms with van der Waals surface area (Å²) in [6.45, 7) is 4.75. The second-order valence-corrected chi connectivity index (χ2v) is 0.